The van der Waals surface area contributed by atoms with Crippen molar-refractivity contribution in [2.45, 2.75) is 110 Å². The maximum Gasteiger partial charge on any atom is 0.198 e. The van der Waals surface area contributed by atoms with Gasteiger partial charge in [0.25, 0.3) is 0 Å². The van der Waals surface area contributed by atoms with Crippen LogP contribution in [0.1, 0.15) is 110 Å². The molecule has 0 aliphatic carbocycles. The number of rotatable bonds is 19. The summed E-state index contributed by atoms with van der Waals surface area (Å²) in [6, 6.07) is 0. The van der Waals surface area contributed by atoms with Crippen LogP contribution >= 0.6 is 0 Å². The second-order valence-corrected chi connectivity index (χ2v) is 8.62. The molecule has 1 aliphatic heterocycles. The van der Waals surface area contributed by atoms with Crippen molar-refractivity contribution in [3.63, 3.8) is 0 Å². The van der Waals surface area contributed by atoms with Gasteiger partial charge in [0.15, 0.2) is 5.84 Å². The fourth-order valence-corrected chi connectivity index (χ4v) is 4.43. The number of nitrogens with zero attached hydrogens (tertiary/aromatic N) is 2. The lowest BCUT2D eigenvalue weighted by Gasteiger charge is -2.33. The average molecular weight is 394 g/mol. The van der Waals surface area contributed by atoms with E-state index in [0.29, 0.717) is 0 Å². The van der Waals surface area contributed by atoms with Gasteiger partial charge in [-0.2, -0.15) is 0 Å². The van der Waals surface area contributed by atoms with Gasteiger partial charge in [-0.1, -0.05) is 76.9 Å². The molecule has 1 N–H and O–H groups in total. The molecule has 0 amide bonds. The Kier molecular flexibility index (Phi) is 15.6. The van der Waals surface area contributed by atoms with Gasteiger partial charge >= 0.3 is 0 Å². The van der Waals surface area contributed by atoms with E-state index in [2.05, 4.69) is 26.0 Å². The molecule has 0 aromatic rings. The van der Waals surface area contributed by atoms with Crippen LogP contribution in [0.15, 0.2) is 17.1 Å². The van der Waals surface area contributed by atoms with Crippen LogP contribution in [0, 0.1) is 0 Å². The lowest BCUT2D eigenvalue weighted by molar-refractivity contribution is -0.835. The molecular formula is C25H49N2O+. The monoisotopic (exact) mass is 393 g/mol. The number of likely N-dealkylation sites (N-methyl/N-ethyl adjacent to an activating group) is 1. The average Bonchev–Trinajstić information content (AvgIpc) is 3.11. The summed E-state index contributed by atoms with van der Waals surface area (Å²) in [6.07, 6.45) is 25.0. The van der Waals surface area contributed by atoms with E-state index in [1.165, 1.54) is 95.7 Å². The predicted molar refractivity (Wildman–Crippen MR) is 124 cm³/mol. The highest BCUT2D eigenvalue weighted by Gasteiger charge is 2.35. The summed E-state index contributed by atoms with van der Waals surface area (Å²) in [6.45, 7) is 8.75. The van der Waals surface area contributed by atoms with E-state index in [1.54, 1.807) is 0 Å². The molecule has 0 spiro atoms. The van der Waals surface area contributed by atoms with E-state index in [9.17, 15) is 5.11 Å². The molecular weight excluding hydrogens is 344 g/mol. The lowest BCUT2D eigenvalue weighted by atomic mass is 10.1. The van der Waals surface area contributed by atoms with E-state index in [-0.39, 0.29) is 6.61 Å². The molecule has 164 valence electrons. The minimum absolute atomic E-state index is 0.274. The Bertz CT molecular complexity index is 419. The van der Waals surface area contributed by atoms with Gasteiger partial charge in [-0.3, -0.25) is 4.48 Å². The van der Waals surface area contributed by atoms with E-state index >= 15 is 0 Å². The topological polar surface area (TPSA) is 32.6 Å². The molecule has 0 aromatic carbocycles. The molecule has 3 heteroatoms. The molecule has 0 bridgehead atoms. The minimum Gasteiger partial charge on any atom is -0.390 e. The Morgan fingerprint density at radius 1 is 0.821 bits per heavy atom. The minimum atomic E-state index is 0.274. The van der Waals surface area contributed by atoms with Crippen LogP contribution in [0.4, 0.5) is 0 Å². The number of aliphatic hydroxyl groups excluding tert-OH is 1. The first-order valence-corrected chi connectivity index (χ1v) is 12.4. The zero-order chi connectivity index (χ0) is 20.3. The molecule has 3 nitrogen and oxygen atoms in total. The number of allylic oxidation sites excluding steroid dienone is 2. The van der Waals surface area contributed by atoms with Crippen molar-refractivity contribution < 1.29 is 9.59 Å². The molecule has 1 unspecified atom stereocenters. The summed E-state index contributed by atoms with van der Waals surface area (Å²) in [7, 11) is 0. The van der Waals surface area contributed by atoms with Gasteiger partial charge in [0.1, 0.15) is 13.1 Å². The second-order valence-electron chi connectivity index (χ2n) is 8.62. The van der Waals surface area contributed by atoms with Gasteiger partial charge in [-0.15, -0.1) is 0 Å². The van der Waals surface area contributed by atoms with E-state index < -0.39 is 0 Å². The van der Waals surface area contributed by atoms with Gasteiger partial charge in [0, 0.05) is 6.42 Å². The number of unbranched alkanes of at least 4 members (excludes halogenated alkanes) is 12. The van der Waals surface area contributed by atoms with Gasteiger partial charge in [-0.05, 0) is 39.0 Å². The first kappa shape index (κ1) is 25.4. The largest absolute Gasteiger partial charge is 0.390 e. The Hall–Kier alpha value is -0.670. The third kappa shape index (κ3) is 10.8. The van der Waals surface area contributed by atoms with Crippen LogP contribution in [0.5, 0.6) is 0 Å². The summed E-state index contributed by atoms with van der Waals surface area (Å²) < 4.78 is 0.940. The molecule has 1 aliphatic rings. The third-order valence-electron chi connectivity index (χ3n) is 6.42. The quantitative estimate of drug-likeness (QED) is 0.149. The van der Waals surface area contributed by atoms with Crippen molar-refractivity contribution in [3.05, 3.63) is 12.2 Å². The van der Waals surface area contributed by atoms with Gasteiger partial charge in [0.05, 0.1) is 19.7 Å². The van der Waals surface area contributed by atoms with Gasteiger partial charge in [0.2, 0.25) is 0 Å². The fraction of sp³-hybridized carbons (Fsp3) is 0.880. The van der Waals surface area contributed by atoms with Crippen molar-refractivity contribution in [3.8, 4) is 0 Å². The Balaban J connectivity index is 1.92. The highest BCUT2D eigenvalue weighted by molar-refractivity contribution is 5.76. The zero-order valence-electron chi connectivity index (χ0n) is 19.1. The number of hydrogen-bond acceptors (Lipinski definition) is 2. The summed E-state index contributed by atoms with van der Waals surface area (Å²) in [5, 5.41) is 9.37. The maximum absolute atomic E-state index is 9.37. The number of quaternary nitrogens is 1. The van der Waals surface area contributed by atoms with Gasteiger partial charge in [-0.25, -0.2) is 4.99 Å². The van der Waals surface area contributed by atoms with Crippen LogP contribution in [0.3, 0.4) is 0 Å². The molecule has 1 rings (SSSR count). The number of amidine groups is 1. The Labute approximate surface area is 175 Å². The molecule has 0 saturated heterocycles. The number of aliphatic hydroxyl groups is 1. The normalized spacial score (nSPS) is 19.6. The summed E-state index contributed by atoms with van der Waals surface area (Å²) in [5.74, 6) is 1.34. The van der Waals surface area contributed by atoms with Crippen LogP contribution < -0.4 is 0 Å². The SMILES string of the molecule is CCCCCCCCCCC/C=C/CCCCCC1=NCC[N+]1(CC)CCO. The molecule has 0 saturated carbocycles. The first-order chi connectivity index (χ1) is 13.8. The van der Waals surface area contributed by atoms with Crippen LogP contribution in [0.25, 0.3) is 0 Å². The lowest BCUT2D eigenvalue weighted by Crippen LogP contribution is -2.52. The number of hydrogen-bond donors (Lipinski definition) is 1. The van der Waals surface area contributed by atoms with Gasteiger partial charge < -0.3 is 5.11 Å². The van der Waals surface area contributed by atoms with E-state index in [0.717, 1.165) is 37.1 Å². The summed E-state index contributed by atoms with van der Waals surface area (Å²) >= 11 is 0. The zero-order valence-corrected chi connectivity index (χ0v) is 19.1. The van der Waals surface area contributed by atoms with Crippen molar-refractivity contribution >= 4 is 5.84 Å². The fourth-order valence-electron chi connectivity index (χ4n) is 4.43. The molecule has 28 heavy (non-hydrogen) atoms. The van der Waals surface area contributed by atoms with Crippen molar-refractivity contribution in [2.75, 3.05) is 32.8 Å². The molecule has 1 atom stereocenters. The van der Waals surface area contributed by atoms with Crippen LogP contribution in [-0.2, 0) is 0 Å². The van der Waals surface area contributed by atoms with Crippen LogP contribution in [-0.4, -0.2) is 48.2 Å². The first-order valence-electron chi connectivity index (χ1n) is 12.4. The standard InChI is InChI=1S/C25H49N2O/c1-3-5-6-7-8-9-10-11-12-13-14-15-16-17-18-19-20-25-26-21-22-27(25,4-2)23-24-28/h14-15,28H,3-13,16-24H2,1-2H3/q+1/b15-14+. The molecule has 1 heterocycles. The maximum atomic E-state index is 9.37. The Morgan fingerprint density at radius 2 is 1.39 bits per heavy atom. The van der Waals surface area contributed by atoms with Crippen molar-refractivity contribution in [2.24, 2.45) is 4.99 Å². The van der Waals surface area contributed by atoms with Crippen molar-refractivity contribution in [1.82, 2.24) is 0 Å². The molecule has 0 aromatic heterocycles. The predicted octanol–water partition coefficient (Wildman–Crippen LogP) is 6.66. The third-order valence-corrected chi connectivity index (χ3v) is 6.42. The van der Waals surface area contributed by atoms with E-state index in [1.807, 2.05) is 0 Å². The summed E-state index contributed by atoms with van der Waals surface area (Å²) in [4.78, 5) is 4.75. The molecule has 0 fully saturated rings. The van der Waals surface area contributed by atoms with Crippen molar-refractivity contribution in [1.29, 1.82) is 0 Å². The second kappa shape index (κ2) is 17.2. The molecule has 0 radical (unpaired) electrons. The summed E-state index contributed by atoms with van der Waals surface area (Å²) in [5.41, 5.74) is 0. The smallest absolute Gasteiger partial charge is 0.198 e. The highest BCUT2D eigenvalue weighted by Crippen LogP contribution is 2.19. The Morgan fingerprint density at radius 3 is 1.96 bits per heavy atom. The van der Waals surface area contributed by atoms with E-state index in [4.69, 9.17) is 4.99 Å². The number of aliphatic imine (C=N–C) groups is 1. The van der Waals surface area contributed by atoms with Crippen LogP contribution in [0.2, 0.25) is 0 Å². The highest BCUT2D eigenvalue weighted by atomic mass is 16.3.